The van der Waals surface area contributed by atoms with Crippen molar-refractivity contribution in [1.82, 2.24) is 4.90 Å². The molecule has 0 aliphatic carbocycles. The zero-order valence-electron chi connectivity index (χ0n) is 13.7. The van der Waals surface area contributed by atoms with Crippen molar-refractivity contribution >= 4 is 5.96 Å². The number of hydrogen-bond donors (Lipinski definition) is 1. The summed E-state index contributed by atoms with van der Waals surface area (Å²) in [6, 6.07) is 5.19. The van der Waals surface area contributed by atoms with Crippen LogP contribution in [0.4, 0.5) is 13.2 Å². The highest BCUT2D eigenvalue weighted by atomic mass is 19.4. The highest BCUT2D eigenvalue weighted by Crippen LogP contribution is 2.36. The standard InChI is InChI=1S/C16H24F3N3O/c1-4-12(11-21-15(20)22(5-2)6-3)23-14-10-8-7-9-13(14)16(17,18)19/h7-10,12H,4-6,11H2,1-3H3,(H2,20,21). The highest BCUT2D eigenvalue weighted by molar-refractivity contribution is 5.78. The molecule has 0 amide bonds. The molecule has 0 saturated carbocycles. The average molecular weight is 331 g/mol. The van der Waals surface area contributed by atoms with E-state index in [9.17, 15) is 13.2 Å². The summed E-state index contributed by atoms with van der Waals surface area (Å²) in [5, 5.41) is 0. The van der Waals surface area contributed by atoms with Crippen LogP contribution in [0.2, 0.25) is 0 Å². The van der Waals surface area contributed by atoms with E-state index in [1.165, 1.54) is 18.2 Å². The van der Waals surface area contributed by atoms with Gasteiger partial charge in [0.25, 0.3) is 0 Å². The molecular formula is C16H24F3N3O. The van der Waals surface area contributed by atoms with Gasteiger partial charge in [-0.1, -0.05) is 19.1 Å². The maximum atomic E-state index is 13.0. The lowest BCUT2D eigenvalue weighted by Gasteiger charge is -2.22. The topological polar surface area (TPSA) is 50.8 Å². The molecule has 1 unspecified atom stereocenters. The third-order valence-electron chi connectivity index (χ3n) is 3.49. The lowest BCUT2D eigenvalue weighted by Crippen LogP contribution is -2.38. The van der Waals surface area contributed by atoms with Crippen LogP contribution in [0.5, 0.6) is 5.75 Å². The van der Waals surface area contributed by atoms with Gasteiger partial charge in [0.05, 0.1) is 12.1 Å². The maximum absolute atomic E-state index is 13.0. The Morgan fingerprint density at radius 3 is 2.35 bits per heavy atom. The minimum absolute atomic E-state index is 0.177. The Labute approximate surface area is 135 Å². The first-order valence-electron chi connectivity index (χ1n) is 7.71. The average Bonchev–Trinajstić information content (AvgIpc) is 2.52. The summed E-state index contributed by atoms with van der Waals surface area (Å²) in [5.74, 6) is 0.199. The van der Waals surface area contributed by atoms with Crippen molar-refractivity contribution in [2.75, 3.05) is 19.6 Å². The molecule has 0 bridgehead atoms. The van der Waals surface area contributed by atoms with E-state index in [1.54, 1.807) is 0 Å². The number of guanidine groups is 1. The summed E-state index contributed by atoms with van der Waals surface area (Å²) < 4.78 is 44.5. The van der Waals surface area contributed by atoms with Crippen LogP contribution in [-0.4, -0.2) is 36.6 Å². The third kappa shape index (κ3) is 5.65. The minimum atomic E-state index is -4.45. The lowest BCUT2D eigenvalue weighted by atomic mass is 10.2. The Morgan fingerprint density at radius 2 is 1.83 bits per heavy atom. The summed E-state index contributed by atoms with van der Waals surface area (Å²) in [6.07, 6.45) is -4.38. The normalized spacial score (nSPS) is 13.7. The van der Waals surface area contributed by atoms with E-state index in [1.807, 2.05) is 25.7 Å². The molecule has 1 aromatic rings. The van der Waals surface area contributed by atoms with Crippen molar-refractivity contribution in [3.8, 4) is 5.75 Å². The third-order valence-corrected chi connectivity index (χ3v) is 3.49. The molecule has 0 fully saturated rings. The van der Waals surface area contributed by atoms with Crippen LogP contribution in [-0.2, 0) is 6.18 Å². The number of aliphatic imine (C=N–C) groups is 1. The Bertz CT molecular complexity index is 514. The van der Waals surface area contributed by atoms with Crippen molar-refractivity contribution in [1.29, 1.82) is 0 Å². The second kappa shape index (κ2) is 8.64. The van der Waals surface area contributed by atoms with E-state index in [-0.39, 0.29) is 12.3 Å². The van der Waals surface area contributed by atoms with Gasteiger partial charge in [0, 0.05) is 13.1 Å². The summed E-state index contributed by atoms with van der Waals surface area (Å²) in [7, 11) is 0. The summed E-state index contributed by atoms with van der Waals surface area (Å²) in [5.41, 5.74) is 5.10. The van der Waals surface area contributed by atoms with Crippen molar-refractivity contribution in [2.24, 2.45) is 10.7 Å². The van der Waals surface area contributed by atoms with E-state index < -0.39 is 17.8 Å². The summed E-state index contributed by atoms with van der Waals surface area (Å²) in [6.45, 7) is 7.41. The Balaban J connectivity index is 2.84. The molecule has 0 aromatic heterocycles. The van der Waals surface area contributed by atoms with Gasteiger partial charge in [-0.05, 0) is 32.4 Å². The molecule has 1 atom stereocenters. The van der Waals surface area contributed by atoms with Crippen LogP contribution in [0.25, 0.3) is 0 Å². The first kappa shape index (κ1) is 19.1. The molecule has 0 radical (unpaired) electrons. The minimum Gasteiger partial charge on any atom is -0.488 e. The zero-order chi connectivity index (χ0) is 17.5. The van der Waals surface area contributed by atoms with Crippen molar-refractivity contribution in [3.05, 3.63) is 29.8 Å². The Morgan fingerprint density at radius 1 is 1.22 bits per heavy atom. The van der Waals surface area contributed by atoms with Crippen LogP contribution in [0, 0.1) is 0 Å². The van der Waals surface area contributed by atoms with Crippen molar-refractivity contribution in [3.63, 3.8) is 0 Å². The number of nitrogens with two attached hydrogens (primary N) is 1. The van der Waals surface area contributed by atoms with E-state index in [0.717, 1.165) is 19.2 Å². The predicted molar refractivity (Wildman–Crippen MR) is 85.6 cm³/mol. The molecule has 0 saturated heterocycles. The molecule has 1 rings (SSSR count). The van der Waals surface area contributed by atoms with Gasteiger partial charge in [-0.3, -0.25) is 0 Å². The number of rotatable bonds is 7. The van der Waals surface area contributed by atoms with Gasteiger partial charge in [0.1, 0.15) is 11.9 Å². The first-order chi connectivity index (χ1) is 10.8. The number of benzene rings is 1. The van der Waals surface area contributed by atoms with Gasteiger partial charge >= 0.3 is 6.18 Å². The number of halogens is 3. The largest absolute Gasteiger partial charge is 0.488 e. The summed E-state index contributed by atoms with van der Waals surface area (Å²) >= 11 is 0. The molecule has 0 aliphatic rings. The van der Waals surface area contributed by atoms with Gasteiger partial charge in [0.2, 0.25) is 0 Å². The molecule has 0 heterocycles. The molecule has 23 heavy (non-hydrogen) atoms. The van der Waals surface area contributed by atoms with Crippen LogP contribution in [0.3, 0.4) is 0 Å². The second-order valence-corrected chi connectivity index (χ2v) is 5.01. The zero-order valence-corrected chi connectivity index (χ0v) is 13.7. The van der Waals surface area contributed by atoms with Crippen LogP contribution in [0.15, 0.2) is 29.3 Å². The quantitative estimate of drug-likeness (QED) is 0.614. The monoisotopic (exact) mass is 331 g/mol. The molecule has 0 aliphatic heterocycles. The Kier molecular flexibility index (Phi) is 7.19. The van der Waals surface area contributed by atoms with Crippen LogP contribution < -0.4 is 10.5 Å². The molecule has 7 heteroatoms. The van der Waals surface area contributed by atoms with Gasteiger partial charge in [-0.25, -0.2) is 4.99 Å². The Hall–Kier alpha value is -1.92. The summed E-state index contributed by atoms with van der Waals surface area (Å²) in [4.78, 5) is 6.11. The van der Waals surface area contributed by atoms with Crippen LogP contribution >= 0.6 is 0 Å². The molecular weight excluding hydrogens is 307 g/mol. The van der Waals surface area contributed by atoms with Crippen LogP contribution in [0.1, 0.15) is 32.8 Å². The number of hydrogen-bond acceptors (Lipinski definition) is 2. The fourth-order valence-electron chi connectivity index (χ4n) is 2.08. The number of para-hydroxylation sites is 1. The lowest BCUT2D eigenvalue weighted by molar-refractivity contribution is -0.139. The van der Waals surface area contributed by atoms with Crippen molar-refractivity contribution in [2.45, 2.75) is 39.5 Å². The van der Waals surface area contributed by atoms with E-state index in [4.69, 9.17) is 10.5 Å². The van der Waals surface area contributed by atoms with Gasteiger partial charge in [-0.2, -0.15) is 13.2 Å². The fraction of sp³-hybridized carbons (Fsp3) is 0.562. The van der Waals surface area contributed by atoms with Gasteiger partial charge in [-0.15, -0.1) is 0 Å². The number of alkyl halides is 3. The van der Waals surface area contributed by atoms with E-state index in [2.05, 4.69) is 4.99 Å². The SMILES string of the molecule is CCC(CN=C(N)N(CC)CC)Oc1ccccc1C(F)(F)F. The molecule has 4 nitrogen and oxygen atoms in total. The maximum Gasteiger partial charge on any atom is 0.419 e. The number of nitrogens with zero attached hydrogens (tertiary/aromatic N) is 2. The molecule has 1 aromatic carbocycles. The molecule has 130 valence electrons. The van der Waals surface area contributed by atoms with Gasteiger partial charge in [0.15, 0.2) is 5.96 Å². The highest BCUT2D eigenvalue weighted by Gasteiger charge is 2.34. The van der Waals surface area contributed by atoms with E-state index in [0.29, 0.717) is 12.4 Å². The second-order valence-electron chi connectivity index (χ2n) is 5.01. The predicted octanol–water partition coefficient (Wildman–Crippen LogP) is 3.52. The molecule has 2 N–H and O–H groups in total. The fourth-order valence-corrected chi connectivity index (χ4v) is 2.08. The van der Waals surface area contributed by atoms with Gasteiger partial charge < -0.3 is 15.4 Å². The van der Waals surface area contributed by atoms with E-state index >= 15 is 0 Å². The molecule has 0 spiro atoms. The smallest absolute Gasteiger partial charge is 0.419 e. The number of ether oxygens (including phenoxy) is 1. The van der Waals surface area contributed by atoms with Crippen molar-refractivity contribution < 1.29 is 17.9 Å². The first-order valence-corrected chi connectivity index (χ1v) is 7.71.